The zero-order valence-electron chi connectivity index (χ0n) is 25.6. The van der Waals surface area contributed by atoms with Gasteiger partial charge < -0.3 is 54.1 Å². The molecule has 0 aromatic heterocycles. The molecule has 6 fully saturated rings. The fraction of sp³-hybridized carbons (Fsp3) is 0.850. The van der Waals surface area contributed by atoms with Crippen LogP contribution in [0.25, 0.3) is 0 Å². The molecule has 25 heteroatoms. The first kappa shape index (κ1) is 41.4. The molecule has 45 heavy (non-hydrogen) atoms. The van der Waals surface area contributed by atoms with E-state index in [0.29, 0.717) is 12.0 Å². The van der Waals surface area contributed by atoms with Gasteiger partial charge in [0.2, 0.25) is 0 Å². The number of hydrogen-bond acceptors (Lipinski definition) is 14. The van der Waals surface area contributed by atoms with Crippen LogP contribution in [-0.2, 0) is 58.9 Å². The summed E-state index contributed by atoms with van der Waals surface area (Å²) < 4.78 is 117. The summed E-state index contributed by atoms with van der Waals surface area (Å²) in [5, 5.41) is 0. The van der Waals surface area contributed by atoms with Crippen LogP contribution in [0, 0.1) is 0 Å². The van der Waals surface area contributed by atoms with Gasteiger partial charge in [-0.1, -0.05) is 28.4 Å². The molecule has 0 aromatic rings. The Balaban J connectivity index is 0.000000706. The number of hydrogen-bond donors (Lipinski definition) is 0. The second-order valence-corrected chi connectivity index (χ2v) is 35.1. The maximum absolute atomic E-state index is 11.9. The molecule has 0 radical (unpaired) electrons. The van der Waals surface area contributed by atoms with Crippen LogP contribution < -0.4 is 0 Å². The highest BCUT2D eigenvalue weighted by molar-refractivity contribution is 7.02. The second kappa shape index (κ2) is 13.5. The van der Waals surface area contributed by atoms with Gasteiger partial charge in [0.05, 0.1) is 6.61 Å². The lowest BCUT2D eigenvalue weighted by Crippen LogP contribution is -2.86. The summed E-state index contributed by atoms with van der Waals surface area (Å²) in [6, 6.07) is 0.236. The molecule has 0 unspecified atom stereocenters. The Bertz CT molecular complexity index is 1010. The van der Waals surface area contributed by atoms with E-state index < -0.39 is 89.0 Å². The van der Waals surface area contributed by atoms with Gasteiger partial charge in [-0.25, -0.2) is 4.79 Å². The molecule has 6 aliphatic rings. The molecule has 6 aliphatic heterocycles. The van der Waals surface area contributed by atoms with E-state index in [1.165, 1.54) is 6.92 Å². The van der Waals surface area contributed by atoms with Crippen molar-refractivity contribution in [2.75, 3.05) is 6.61 Å². The number of rotatable bonds is 6. The van der Waals surface area contributed by atoms with E-state index in [9.17, 15) is 18.0 Å². The fourth-order valence-corrected chi connectivity index (χ4v) is 51.2. The van der Waals surface area contributed by atoms with Crippen LogP contribution in [0.15, 0.2) is 12.2 Å². The third-order valence-electron chi connectivity index (χ3n) is 6.10. The van der Waals surface area contributed by atoms with Crippen molar-refractivity contribution in [1.82, 2.24) is 0 Å². The SMILES string of the molecule is C.C.C=C(C)C(=O)OCCC[Si]12O[Si]3(C)O[Si]4(C)O[Si]5(C)O[Si](C)(O3)O[Si](C)(O[Si](C)(O5)O[Si](C)(O4)O1)O2.CCCC(F)(F)F. The topological polar surface area (TPSA) is 137 Å². The normalized spacial score (nSPS) is 44.8. The van der Waals surface area contributed by atoms with Crippen molar-refractivity contribution in [3.63, 3.8) is 0 Å². The van der Waals surface area contributed by atoms with Crippen molar-refractivity contribution in [2.45, 2.75) is 106 Å². The summed E-state index contributed by atoms with van der Waals surface area (Å²) in [6.45, 7) is 18.8. The molecule has 6 rings (SSSR count). The van der Waals surface area contributed by atoms with Crippen molar-refractivity contribution < 1.29 is 72.1 Å². The second-order valence-electron chi connectivity index (χ2n) is 11.3. The Labute approximate surface area is 272 Å². The van der Waals surface area contributed by atoms with Crippen LogP contribution in [0.2, 0.25) is 51.9 Å². The van der Waals surface area contributed by atoms with E-state index in [1.807, 2.05) is 0 Å². The minimum Gasteiger partial charge on any atom is -0.462 e. The summed E-state index contributed by atoms with van der Waals surface area (Å²) in [4.78, 5) is 11.9. The number of esters is 1. The lowest BCUT2D eigenvalue weighted by atomic mass is 10.3. The molecule has 0 atom stereocenters. The highest BCUT2D eigenvalue weighted by Gasteiger charge is 2.78. The van der Waals surface area contributed by atoms with Crippen molar-refractivity contribution in [3.8, 4) is 0 Å². The number of ether oxygens (including phenoxy) is 1. The van der Waals surface area contributed by atoms with Gasteiger partial charge >= 0.3 is 82.6 Å². The van der Waals surface area contributed by atoms with E-state index in [1.54, 1.807) is 52.8 Å². The number of halogens is 3. The summed E-state index contributed by atoms with van der Waals surface area (Å²) >= 11 is 0. The quantitative estimate of drug-likeness (QED) is 0.149. The summed E-state index contributed by atoms with van der Waals surface area (Å²) in [7, 11) is -28.7. The van der Waals surface area contributed by atoms with Gasteiger partial charge in [0.15, 0.2) is 0 Å². The maximum atomic E-state index is 11.9. The molecule has 8 bridgehead atoms. The first-order valence-corrected chi connectivity index (χ1v) is 31.2. The highest BCUT2D eigenvalue weighted by Crippen LogP contribution is 2.48. The average Bonchev–Trinajstić information content (AvgIpc) is 2.68. The Morgan fingerprint density at radius 2 is 0.933 bits per heavy atom. The Hall–Kier alpha value is 0.255. The first-order valence-electron chi connectivity index (χ1n) is 13.7. The first-order chi connectivity index (χ1) is 19.4. The molecule has 0 N–H and O–H groups in total. The van der Waals surface area contributed by atoms with Crippen LogP contribution in [0.5, 0.6) is 0 Å². The van der Waals surface area contributed by atoms with Gasteiger partial charge in [-0.05, 0) is 19.8 Å². The van der Waals surface area contributed by atoms with E-state index in [-0.39, 0.29) is 33.9 Å². The Morgan fingerprint density at radius 3 is 1.16 bits per heavy atom. The summed E-state index contributed by atoms with van der Waals surface area (Å²) in [5.41, 5.74) is 0.308. The predicted molar refractivity (Wildman–Crippen MR) is 170 cm³/mol. The van der Waals surface area contributed by atoms with E-state index in [0.717, 1.165) is 0 Å². The van der Waals surface area contributed by atoms with Gasteiger partial charge in [-0.3, -0.25) is 0 Å². The molecule has 264 valence electrons. The molecule has 0 amide bonds. The van der Waals surface area contributed by atoms with E-state index in [4.69, 9.17) is 54.1 Å². The fourth-order valence-electron chi connectivity index (χ4n) is 5.39. The molecule has 0 spiro atoms. The van der Waals surface area contributed by atoms with Crippen molar-refractivity contribution in [3.05, 3.63) is 12.2 Å². The standard InChI is InChI=1S/C14H32O14Si8.C4H7F3.2CH4/c1-13(2)14(15)16-11-10-12-36-26-33(7)20-30(4)17-29(3)18-31(5,22-33)24-35(9,28-36)25-32(6,19-29)23-34(8,21-30)27-36;1-2-3-4(5,6)7;;/h1,10-12H2,2-9H3;2-3H2,1H3;2*1H4. The van der Waals surface area contributed by atoms with Crippen LogP contribution in [0.3, 0.4) is 0 Å². The molecule has 6 heterocycles. The van der Waals surface area contributed by atoms with E-state index in [2.05, 4.69) is 6.58 Å². The molecule has 6 saturated heterocycles. The lowest BCUT2D eigenvalue weighted by Gasteiger charge is -2.60. The van der Waals surface area contributed by atoms with Crippen molar-refractivity contribution in [2.24, 2.45) is 0 Å². The zero-order valence-corrected chi connectivity index (χ0v) is 33.6. The van der Waals surface area contributed by atoms with E-state index >= 15 is 0 Å². The summed E-state index contributed by atoms with van der Waals surface area (Å²) in [6.07, 6.45) is -4.07. The lowest BCUT2D eigenvalue weighted by molar-refractivity contribution is -0.139. The number of carbonyl (C=O) groups excluding carboxylic acids is 1. The molecule has 0 aliphatic carbocycles. The Morgan fingerprint density at radius 1 is 0.644 bits per heavy atom. The molecule has 14 nitrogen and oxygen atoms in total. The van der Waals surface area contributed by atoms with Crippen LogP contribution in [-0.4, -0.2) is 89.2 Å². The van der Waals surface area contributed by atoms with Gasteiger partial charge in [-0.2, -0.15) is 13.2 Å². The largest absolute Gasteiger partial charge is 0.478 e. The number of carbonyl (C=O) groups is 1. The Kier molecular flexibility index (Phi) is 12.4. The minimum absolute atomic E-state index is 0. The van der Waals surface area contributed by atoms with Gasteiger partial charge in [0, 0.05) is 63.9 Å². The van der Waals surface area contributed by atoms with Crippen molar-refractivity contribution >= 4 is 76.4 Å². The van der Waals surface area contributed by atoms with Crippen LogP contribution in [0.4, 0.5) is 13.2 Å². The summed E-state index contributed by atoms with van der Waals surface area (Å²) in [5.74, 6) is -0.482. The molecular formula is C20H47F3O14Si8. The van der Waals surface area contributed by atoms with Crippen LogP contribution in [0.1, 0.15) is 48.0 Å². The van der Waals surface area contributed by atoms with Gasteiger partial charge in [0.25, 0.3) is 0 Å². The monoisotopic (exact) mass is 792 g/mol. The molecular weight excluding hydrogens is 746 g/mol. The third kappa shape index (κ3) is 10.1. The average molecular weight is 793 g/mol. The number of alkyl halides is 3. The minimum atomic E-state index is -3.95. The van der Waals surface area contributed by atoms with Gasteiger partial charge in [0.1, 0.15) is 0 Å². The maximum Gasteiger partial charge on any atom is 0.478 e. The molecule has 0 aromatic carbocycles. The van der Waals surface area contributed by atoms with Crippen molar-refractivity contribution in [1.29, 1.82) is 0 Å². The zero-order chi connectivity index (χ0) is 32.4. The highest BCUT2D eigenvalue weighted by atomic mass is 28.6. The van der Waals surface area contributed by atoms with Crippen LogP contribution >= 0.6 is 0 Å². The van der Waals surface area contributed by atoms with Gasteiger partial charge in [-0.15, -0.1) is 0 Å². The smallest absolute Gasteiger partial charge is 0.462 e. The predicted octanol–water partition coefficient (Wildman–Crippen LogP) is 5.30. The molecule has 0 saturated carbocycles. The third-order valence-corrected chi connectivity index (χ3v) is 41.9.